The molecule has 3 rings (SSSR count). The fraction of sp³-hybridized carbons (Fsp3) is 0.333. The molecular weight excluding hydrogens is 286 g/mol. The van der Waals surface area contributed by atoms with E-state index in [0.717, 1.165) is 25.9 Å². The highest BCUT2D eigenvalue weighted by Gasteiger charge is 2.25. The molecule has 7 nitrogen and oxygen atoms in total. The van der Waals surface area contributed by atoms with E-state index in [-0.39, 0.29) is 17.3 Å². The van der Waals surface area contributed by atoms with Gasteiger partial charge in [0.1, 0.15) is 0 Å². The van der Waals surface area contributed by atoms with Gasteiger partial charge in [0.2, 0.25) is 5.90 Å². The van der Waals surface area contributed by atoms with Crippen molar-refractivity contribution >= 4 is 17.6 Å². The molecule has 0 aromatic heterocycles. The molecule has 7 heteroatoms. The lowest BCUT2D eigenvalue weighted by molar-refractivity contribution is -0.384. The fourth-order valence-electron chi connectivity index (χ4n) is 2.47. The van der Waals surface area contributed by atoms with Crippen LogP contribution in [0.4, 0.5) is 5.69 Å². The predicted octanol–water partition coefficient (Wildman–Crippen LogP) is 2.23. The van der Waals surface area contributed by atoms with E-state index in [1.54, 1.807) is 6.20 Å². The van der Waals surface area contributed by atoms with Crippen molar-refractivity contribution in [3.05, 3.63) is 51.8 Å². The first-order chi connectivity index (χ1) is 10.6. The Hall–Kier alpha value is -2.70. The molecule has 1 aromatic rings. The number of benzene rings is 1. The number of hydrogen-bond acceptors (Lipinski definition) is 6. The maximum absolute atomic E-state index is 11.9. The molecule has 2 heterocycles. The van der Waals surface area contributed by atoms with E-state index in [2.05, 4.69) is 9.89 Å². The van der Waals surface area contributed by atoms with E-state index >= 15 is 0 Å². The molecule has 1 fully saturated rings. The summed E-state index contributed by atoms with van der Waals surface area (Å²) in [6, 6.07) is 5.76. The summed E-state index contributed by atoms with van der Waals surface area (Å²) in [4.78, 5) is 28.3. The number of hydrogen-bond donors (Lipinski definition) is 0. The molecule has 0 N–H and O–H groups in total. The van der Waals surface area contributed by atoms with Crippen LogP contribution in [0.15, 0.2) is 41.2 Å². The first-order valence-corrected chi connectivity index (χ1v) is 7.15. The third kappa shape index (κ3) is 2.98. The van der Waals surface area contributed by atoms with Gasteiger partial charge in [-0.1, -0.05) is 0 Å². The quantitative estimate of drug-likeness (QED) is 0.370. The predicted molar refractivity (Wildman–Crippen MR) is 79.2 cm³/mol. The molecule has 0 spiro atoms. The second kappa shape index (κ2) is 5.97. The molecule has 1 aromatic carbocycles. The summed E-state index contributed by atoms with van der Waals surface area (Å²) in [6.07, 6.45) is 5.16. The van der Waals surface area contributed by atoms with Gasteiger partial charge in [-0.2, -0.15) is 0 Å². The van der Waals surface area contributed by atoms with Crippen LogP contribution in [-0.2, 0) is 9.53 Å². The van der Waals surface area contributed by atoms with Crippen LogP contribution in [0.2, 0.25) is 0 Å². The van der Waals surface area contributed by atoms with Gasteiger partial charge in [0, 0.05) is 37.0 Å². The number of aliphatic imine (C=N–C) groups is 1. The molecule has 114 valence electrons. The SMILES string of the molecule is O=C1OC(c2ccc([N+](=O)[O-])cc2)=N/C1=C/N1CCCCC1. The Morgan fingerprint density at radius 3 is 2.50 bits per heavy atom. The smallest absolute Gasteiger partial charge is 0.365 e. The van der Waals surface area contributed by atoms with Gasteiger partial charge in [0.15, 0.2) is 5.70 Å². The summed E-state index contributed by atoms with van der Waals surface area (Å²) >= 11 is 0. The van der Waals surface area contributed by atoms with E-state index in [4.69, 9.17) is 4.74 Å². The number of ether oxygens (including phenoxy) is 1. The molecule has 0 radical (unpaired) electrons. The Morgan fingerprint density at radius 2 is 1.86 bits per heavy atom. The van der Waals surface area contributed by atoms with Gasteiger partial charge >= 0.3 is 5.97 Å². The normalized spacial score (nSPS) is 20.0. The first kappa shape index (κ1) is 14.2. The van der Waals surface area contributed by atoms with Crippen LogP contribution in [0.3, 0.4) is 0 Å². The average molecular weight is 301 g/mol. The zero-order chi connectivity index (χ0) is 15.5. The van der Waals surface area contributed by atoms with Crippen LogP contribution in [0.25, 0.3) is 0 Å². The number of carbonyl (C=O) groups excluding carboxylic acids is 1. The van der Waals surface area contributed by atoms with Crippen LogP contribution in [0.1, 0.15) is 24.8 Å². The van der Waals surface area contributed by atoms with E-state index in [1.165, 1.54) is 30.7 Å². The lowest BCUT2D eigenvalue weighted by atomic mass is 10.1. The van der Waals surface area contributed by atoms with Crippen LogP contribution in [-0.4, -0.2) is 34.8 Å². The van der Waals surface area contributed by atoms with Crippen molar-refractivity contribution in [1.82, 2.24) is 4.90 Å². The van der Waals surface area contributed by atoms with Crippen molar-refractivity contribution in [2.45, 2.75) is 19.3 Å². The summed E-state index contributed by atoms with van der Waals surface area (Å²) < 4.78 is 5.15. The maximum Gasteiger partial charge on any atom is 0.365 e. The second-order valence-electron chi connectivity index (χ2n) is 5.22. The Labute approximate surface area is 127 Å². The summed E-state index contributed by atoms with van der Waals surface area (Å²) in [5, 5.41) is 10.6. The number of carbonyl (C=O) groups is 1. The van der Waals surface area contributed by atoms with Crippen molar-refractivity contribution in [1.29, 1.82) is 0 Å². The number of rotatable bonds is 3. The van der Waals surface area contributed by atoms with E-state index < -0.39 is 10.9 Å². The number of nitrogens with zero attached hydrogens (tertiary/aromatic N) is 3. The van der Waals surface area contributed by atoms with Gasteiger partial charge in [0.05, 0.1) is 4.92 Å². The molecule has 2 aliphatic heterocycles. The maximum atomic E-state index is 11.9. The van der Waals surface area contributed by atoms with Gasteiger partial charge in [-0.15, -0.1) is 0 Å². The van der Waals surface area contributed by atoms with Gasteiger partial charge in [0.25, 0.3) is 5.69 Å². The molecule has 0 bridgehead atoms. The molecule has 0 unspecified atom stereocenters. The van der Waals surface area contributed by atoms with Crippen LogP contribution in [0, 0.1) is 10.1 Å². The molecule has 0 aliphatic carbocycles. The minimum absolute atomic E-state index is 0.0160. The number of cyclic esters (lactones) is 1. The molecule has 22 heavy (non-hydrogen) atoms. The van der Waals surface area contributed by atoms with Crippen LogP contribution in [0.5, 0.6) is 0 Å². The standard InChI is InChI=1S/C15H15N3O4/c19-15-13(10-17-8-2-1-3-9-17)16-14(22-15)11-4-6-12(7-5-11)18(20)21/h4-7,10H,1-3,8-9H2/b13-10+. The molecular formula is C15H15N3O4. The summed E-state index contributed by atoms with van der Waals surface area (Å²) in [5.74, 6) is -0.304. The monoisotopic (exact) mass is 301 g/mol. The fourth-order valence-corrected chi connectivity index (χ4v) is 2.47. The van der Waals surface area contributed by atoms with E-state index in [0.29, 0.717) is 5.56 Å². The Bertz CT molecular complexity index is 658. The van der Waals surface area contributed by atoms with Crippen molar-refractivity contribution in [3.8, 4) is 0 Å². The Balaban J connectivity index is 1.79. The molecule has 0 saturated carbocycles. The van der Waals surface area contributed by atoms with Crippen molar-refractivity contribution < 1.29 is 14.5 Å². The van der Waals surface area contributed by atoms with Gasteiger partial charge in [-0.05, 0) is 31.4 Å². The van der Waals surface area contributed by atoms with Gasteiger partial charge in [-0.3, -0.25) is 10.1 Å². The Morgan fingerprint density at radius 1 is 1.18 bits per heavy atom. The largest absolute Gasteiger partial charge is 0.402 e. The molecule has 0 atom stereocenters. The summed E-state index contributed by atoms with van der Waals surface area (Å²) in [6.45, 7) is 1.83. The third-order valence-corrected chi connectivity index (χ3v) is 3.64. The minimum atomic E-state index is -0.487. The first-order valence-electron chi connectivity index (χ1n) is 7.15. The number of nitro benzene ring substituents is 1. The molecule has 0 amide bonds. The summed E-state index contributed by atoms with van der Waals surface area (Å²) in [7, 11) is 0. The van der Waals surface area contributed by atoms with E-state index in [1.807, 2.05) is 0 Å². The van der Waals surface area contributed by atoms with Crippen molar-refractivity contribution in [2.75, 3.05) is 13.1 Å². The molecule has 1 saturated heterocycles. The van der Waals surface area contributed by atoms with Gasteiger partial charge < -0.3 is 9.64 Å². The lowest BCUT2D eigenvalue weighted by Crippen LogP contribution is -2.25. The summed E-state index contributed by atoms with van der Waals surface area (Å²) in [5.41, 5.74) is 0.800. The number of piperidine rings is 1. The number of esters is 1. The zero-order valence-electron chi connectivity index (χ0n) is 11.9. The highest BCUT2D eigenvalue weighted by atomic mass is 16.6. The van der Waals surface area contributed by atoms with Crippen molar-refractivity contribution in [3.63, 3.8) is 0 Å². The number of likely N-dealkylation sites (tertiary alicyclic amines) is 1. The minimum Gasteiger partial charge on any atom is -0.402 e. The topological polar surface area (TPSA) is 85.0 Å². The highest BCUT2D eigenvalue weighted by Crippen LogP contribution is 2.20. The highest BCUT2D eigenvalue weighted by molar-refractivity contribution is 6.11. The van der Waals surface area contributed by atoms with Crippen molar-refractivity contribution in [2.24, 2.45) is 4.99 Å². The van der Waals surface area contributed by atoms with Crippen LogP contribution < -0.4 is 0 Å². The lowest BCUT2D eigenvalue weighted by Gasteiger charge is -2.24. The molecule has 2 aliphatic rings. The third-order valence-electron chi connectivity index (χ3n) is 3.64. The van der Waals surface area contributed by atoms with Crippen LogP contribution >= 0.6 is 0 Å². The second-order valence-corrected chi connectivity index (χ2v) is 5.22. The van der Waals surface area contributed by atoms with Gasteiger partial charge in [-0.25, -0.2) is 9.79 Å². The Kier molecular flexibility index (Phi) is 3.86. The van der Waals surface area contributed by atoms with E-state index in [9.17, 15) is 14.9 Å². The number of nitro groups is 1. The average Bonchev–Trinajstić information content (AvgIpc) is 2.89. The number of non-ortho nitro benzene ring substituents is 1. The zero-order valence-corrected chi connectivity index (χ0v) is 11.9.